The van der Waals surface area contributed by atoms with Crippen molar-refractivity contribution in [3.05, 3.63) is 55.7 Å². The first-order chi connectivity index (χ1) is 14.4. The Balaban J connectivity index is 1.36. The maximum Gasteiger partial charge on any atom is 0.279 e. The van der Waals surface area contributed by atoms with E-state index in [0.29, 0.717) is 29.3 Å². The standard InChI is InChI=1S/C22H24BrN3O3S/c1-13-4-9-18-15(11-13)12-19(30-18)21(28)25-24-20(27)17-3-2-10-26(17)22(29)14-5-7-16(23)8-6-14/h5-8,12-13,17H,2-4,9-11H2,1H3,(H,24,27)(H,25,28). The number of likely N-dealkylation sites (tertiary alicyclic amines) is 1. The molecule has 1 saturated heterocycles. The molecule has 158 valence electrons. The molecule has 1 aliphatic heterocycles. The summed E-state index contributed by atoms with van der Waals surface area (Å²) in [6.45, 7) is 2.75. The van der Waals surface area contributed by atoms with E-state index >= 15 is 0 Å². The third kappa shape index (κ3) is 4.44. The smallest absolute Gasteiger partial charge is 0.279 e. The maximum atomic E-state index is 12.8. The highest BCUT2D eigenvalue weighted by atomic mass is 79.9. The Morgan fingerprint density at radius 3 is 2.67 bits per heavy atom. The van der Waals surface area contributed by atoms with Gasteiger partial charge in [-0.1, -0.05) is 22.9 Å². The van der Waals surface area contributed by atoms with Crippen LogP contribution in [0.1, 0.15) is 56.7 Å². The van der Waals surface area contributed by atoms with Crippen molar-refractivity contribution in [3.63, 3.8) is 0 Å². The molecular weight excluding hydrogens is 466 g/mol. The predicted octanol–water partition coefficient (Wildman–Crippen LogP) is 3.70. The molecule has 3 amide bonds. The van der Waals surface area contributed by atoms with E-state index < -0.39 is 6.04 Å². The largest absolute Gasteiger partial charge is 0.327 e. The number of benzene rings is 1. The second-order valence-electron chi connectivity index (χ2n) is 8.01. The number of hydrogen-bond donors (Lipinski definition) is 2. The lowest BCUT2D eigenvalue weighted by molar-refractivity contribution is -0.125. The normalized spacial score (nSPS) is 20.5. The Morgan fingerprint density at radius 2 is 1.90 bits per heavy atom. The summed E-state index contributed by atoms with van der Waals surface area (Å²) in [6.07, 6.45) is 4.49. The molecule has 2 heterocycles. The van der Waals surface area contributed by atoms with Gasteiger partial charge in [0.2, 0.25) is 0 Å². The minimum atomic E-state index is -0.584. The molecule has 1 aromatic carbocycles. The van der Waals surface area contributed by atoms with E-state index in [2.05, 4.69) is 33.7 Å². The van der Waals surface area contributed by atoms with Crippen molar-refractivity contribution >= 4 is 45.0 Å². The SMILES string of the molecule is CC1CCc2sc(C(=O)NNC(=O)C3CCCN3C(=O)c3ccc(Br)cc3)cc2C1. The highest BCUT2D eigenvalue weighted by Crippen LogP contribution is 2.32. The molecule has 1 aliphatic carbocycles. The van der Waals surface area contributed by atoms with Gasteiger partial charge in [0.15, 0.2) is 0 Å². The first-order valence-corrected chi connectivity index (χ1v) is 11.8. The number of hydrazine groups is 1. The van der Waals surface area contributed by atoms with Crippen LogP contribution in [0.15, 0.2) is 34.8 Å². The van der Waals surface area contributed by atoms with Crippen LogP contribution in [0.4, 0.5) is 0 Å². The van der Waals surface area contributed by atoms with Gasteiger partial charge >= 0.3 is 0 Å². The number of thiophene rings is 1. The molecule has 0 radical (unpaired) electrons. The fourth-order valence-corrected chi connectivity index (χ4v) is 5.49. The van der Waals surface area contributed by atoms with Crippen molar-refractivity contribution in [1.29, 1.82) is 0 Å². The number of hydrogen-bond acceptors (Lipinski definition) is 4. The van der Waals surface area contributed by atoms with Crippen molar-refractivity contribution in [1.82, 2.24) is 15.8 Å². The quantitative estimate of drug-likeness (QED) is 0.645. The number of carbonyl (C=O) groups is 3. The maximum absolute atomic E-state index is 12.8. The van der Waals surface area contributed by atoms with Crippen molar-refractivity contribution in [2.45, 2.75) is 45.1 Å². The number of carbonyl (C=O) groups excluding carboxylic acids is 3. The lowest BCUT2D eigenvalue weighted by Crippen LogP contribution is -2.51. The van der Waals surface area contributed by atoms with Gasteiger partial charge in [0.25, 0.3) is 17.7 Å². The van der Waals surface area contributed by atoms with Gasteiger partial charge in [-0.2, -0.15) is 0 Å². The van der Waals surface area contributed by atoms with Crippen LogP contribution in [-0.4, -0.2) is 35.2 Å². The zero-order chi connectivity index (χ0) is 21.3. The lowest BCUT2D eigenvalue weighted by atomic mass is 9.90. The fraction of sp³-hybridized carbons (Fsp3) is 0.409. The topological polar surface area (TPSA) is 78.5 Å². The summed E-state index contributed by atoms with van der Waals surface area (Å²) in [5, 5.41) is 0. The number of halogens is 1. The van der Waals surface area contributed by atoms with Gasteiger partial charge in [-0.25, -0.2) is 0 Å². The molecule has 2 aliphatic rings. The van der Waals surface area contributed by atoms with Crippen LogP contribution >= 0.6 is 27.3 Å². The van der Waals surface area contributed by atoms with E-state index in [0.717, 1.165) is 30.2 Å². The van der Waals surface area contributed by atoms with Gasteiger partial charge in [-0.15, -0.1) is 11.3 Å². The first-order valence-electron chi connectivity index (χ1n) is 10.2. The average molecular weight is 490 g/mol. The number of aryl methyl sites for hydroxylation is 1. The second-order valence-corrected chi connectivity index (χ2v) is 10.1. The summed E-state index contributed by atoms with van der Waals surface area (Å²) in [6, 6.07) is 8.44. The van der Waals surface area contributed by atoms with Crippen LogP contribution in [0.25, 0.3) is 0 Å². The zero-order valence-corrected chi connectivity index (χ0v) is 19.1. The summed E-state index contributed by atoms with van der Waals surface area (Å²) < 4.78 is 0.891. The first kappa shape index (κ1) is 21.1. The Labute approximate surface area is 188 Å². The summed E-state index contributed by atoms with van der Waals surface area (Å²) in [5.41, 5.74) is 6.84. The molecule has 6 nitrogen and oxygen atoms in total. The molecule has 1 fully saturated rings. The Hall–Kier alpha value is -2.19. The minimum absolute atomic E-state index is 0.175. The van der Waals surface area contributed by atoms with E-state index in [1.165, 1.54) is 21.8 Å². The van der Waals surface area contributed by atoms with E-state index in [1.54, 1.807) is 29.2 Å². The van der Waals surface area contributed by atoms with Gasteiger partial charge in [-0.3, -0.25) is 25.2 Å². The average Bonchev–Trinajstić information content (AvgIpc) is 3.38. The Kier molecular flexibility index (Phi) is 6.24. The van der Waals surface area contributed by atoms with Crippen LogP contribution in [0.3, 0.4) is 0 Å². The van der Waals surface area contributed by atoms with Gasteiger partial charge in [0, 0.05) is 21.5 Å². The van der Waals surface area contributed by atoms with Gasteiger partial charge in [0.1, 0.15) is 6.04 Å². The Morgan fingerprint density at radius 1 is 1.13 bits per heavy atom. The number of rotatable bonds is 3. The van der Waals surface area contributed by atoms with Crippen molar-refractivity contribution in [2.24, 2.45) is 5.92 Å². The molecular formula is C22H24BrN3O3S. The van der Waals surface area contributed by atoms with E-state index in [9.17, 15) is 14.4 Å². The second kappa shape index (κ2) is 8.89. The van der Waals surface area contributed by atoms with Crippen molar-refractivity contribution in [3.8, 4) is 0 Å². The fourth-order valence-electron chi connectivity index (χ4n) is 4.12. The summed E-state index contributed by atoms with van der Waals surface area (Å²) in [5.74, 6) is -0.203. The van der Waals surface area contributed by atoms with Gasteiger partial charge in [-0.05, 0) is 73.9 Å². The molecule has 8 heteroatoms. The van der Waals surface area contributed by atoms with E-state index in [1.807, 2.05) is 6.07 Å². The number of nitrogens with zero attached hydrogens (tertiary/aromatic N) is 1. The highest BCUT2D eigenvalue weighted by molar-refractivity contribution is 9.10. The Bertz CT molecular complexity index is 973. The van der Waals surface area contributed by atoms with E-state index in [-0.39, 0.29) is 17.7 Å². The van der Waals surface area contributed by atoms with Crippen LogP contribution in [0, 0.1) is 5.92 Å². The summed E-state index contributed by atoms with van der Waals surface area (Å²) in [7, 11) is 0. The van der Waals surface area contributed by atoms with Crippen LogP contribution < -0.4 is 10.9 Å². The molecule has 30 heavy (non-hydrogen) atoms. The number of amides is 3. The molecule has 0 spiro atoms. The van der Waals surface area contributed by atoms with Gasteiger partial charge < -0.3 is 4.90 Å². The van der Waals surface area contributed by atoms with Crippen LogP contribution in [-0.2, 0) is 17.6 Å². The van der Waals surface area contributed by atoms with Crippen LogP contribution in [0.5, 0.6) is 0 Å². The summed E-state index contributed by atoms with van der Waals surface area (Å²) >= 11 is 4.86. The number of nitrogens with one attached hydrogen (secondary N) is 2. The zero-order valence-electron chi connectivity index (χ0n) is 16.7. The monoisotopic (exact) mass is 489 g/mol. The molecule has 2 unspecified atom stereocenters. The molecule has 2 aromatic rings. The third-order valence-electron chi connectivity index (χ3n) is 5.76. The minimum Gasteiger partial charge on any atom is -0.327 e. The van der Waals surface area contributed by atoms with Crippen molar-refractivity contribution in [2.75, 3.05) is 6.54 Å². The summed E-state index contributed by atoms with van der Waals surface area (Å²) in [4.78, 5) is 41.5. The van der Waals surface area contributed by atoms with Crippen molar-refractivity contribution < 1.29 is 14.4 Å². The predicted molar refractivity (Wildman–Crippen MR) is 119 cm³/mol. The number of fused-ring (bicyclic) bond motifs is 1. The molecule has 1 aromatic heterocycles. The van der Waals surface area contributed by atoms with Crippen LogP contribution in [0.2, 0.25) is 0 Å². The van der Waals surface area contributed by atoms with E-state index in [4.69, 9.17) is 0 Å². The third-order valence-corrected chi connectivity index (χ3v) is 7.52. The lowest BCUT2D eigenvalue weighted by Gasteiger charge is -2.24. The molecule has 4 rings (SSSR count). The molecule has 0 bridgehead atoms. The van der Waals surface area contributed by atoms with Gasteiger partial charge in [0.05, 0.1) is 4.88 Å². The highest BCUT2D eigenvalue weighted by Gasteiger charge is 2.34. The molecule has 2 N–H and O–H groups in total. The molecule has 0 saturated carbocycles. The molecule has 2 atom stereocenters.